The van der Waals surface area contributed by atoms with Crippen molar-refractivity contribution >= 4 is 34.9 Å². The van der Waals surface area contributed by atoms with E-state index >= 15 is 0 Å². The maximum atomic E-state index is 12.2. The van der Waals surface area contributed by atoms with Gasteiger partial charge < -0.3 is 15.8 Å². The maximum Gasteiger partial charge on any atom is 0.255 e. The first-order valence-corrected chi connectivity index (χ1v) is 6.31. The monoisotopic (exact) mass is 303 g/mol. The summed E-state index contributed by atoms with van der Waals surface area (Å²) >= 11 is 11.8. The van der Waals surface area contributed by atoms with Gasteiger partial charge in [-0.1, -0.05) is 28.4 Å². The van der Waals surface area contributed by atoms with Gasteiger partial charge in [0.1, 0.15) is 5.84 Å². The Morgan fingerprint density at radius 1 is 1.53 bits per heavy atom. The van der Waals surface area contributed by atoms with Crippen LogP contribution in [0, 0.1) is 0 Å². The molecule has 1 atom stereocenters. The first-order chi connectivity index (χ1) is 8.86. The fraction of sp³-hybridized carbons (Fsp3) is 0.333. The summed E-state index contributed by atoms with van der Waals surface area (Å²) in [5.74, 6) is -0.186. The highest BCUT2D eigenvalue weighted by Gasteiger charge is 2.20. The number of carbonyl (C=O) groups excluding carboxylic acids is 1. The zero-order chi connectivity index (χ0) is 14.6. The van der Waals surface area contributed by atoms with Gasteiger partial charge in [-0.15, -0.1) is 0 Å². The summed E-state index contributed by atoms with van der Waals surface area (Å²) in [4.78, 5) is 13.7. The van der Waals surface area contributed by atoms with Crippen molar-refractivity contribution in [1.82, 2.24) is 4.90 Å². The van der Waals surface area contributed by atoms with Crippen LogP contribution in [0.5, 0.6) is 0 Å². The molecule has 0 fully saturated rings. The largest absolute Gasteiger partial charge is 0.409 e. The molecule has 0 saturated heterocycles. The Labute approximate surface area is 121 Å². The van der Waals surface area contributed by atoms with E-state index in [2.05, 4.69) is 5.16 Å². The number of carbonyl (C=O) groups is 1. The molecule has 1 rings (SSSR count). The van der Waals surface area contributed by atoms with Crippen LogP contribution in [0.25, 0.3) is 0 Å². The molecule has 0 aromatic heterocycles. The third kappa shape index (κ3) is 4.01. The fourth-order valence-electron chi connectivity index (χ4n) is 1.53. The lowest BCUT2D eigenvalue weighted by Gasteiger charge is -2.25. The van der Waals surface area contributed by atoms with Gasteiger partial charge in [0, 0.05) is 24.5 Å². The molecule has 0 aliphatic rings. The molecule has 3 N–H and O–H groups in total. The van der Waals surface area contributed by atoms with Crippen LogP contribution in [0.1, 0.15) is 23.7 Å². The molecule has 1 amide bonds. The van der Waals surface area contributed by atoms with Crippen molar-refractivity contribution in [1.29, 1.82) is 0 Å². The summed E-state index contributed by atoms with van der Waals surface area (Å²) in [6.45, 7) is 1.79. The standard InChI is InChI=1S/C12H15Cl2N3O2/c1-7(5-11(15)16-19)17(2)12(18)9-4-3-8(13)6-10(9)14/h3-4,6-7,19H,5H2,1-2H3,(H2,15,16). The van der Waals surface area contributed by atoms with Crippen LogP contribution in [0.4, 0.5) is 0 Å². The van der Waals surface area contributed by atoms with Gasteiger partial charge in [-0.05, 0) is 25.1 Å². The van der Waals surface area contributed by atoms with Gasteiger partial charge in [0.15, 0.2) is 0 Å². The summed E-state index contributed by atoms with van der Waals surface area (Å²) in [7, 11) is 1.63. The van der Waals surface area contributed by atoms with Crippen molar-refractivity contribution < 1.29 is 10.0 Å². The average Bonchev–Trinajstić information content (AvgIpc) is 2.36. The van der Waals surface area contributed by atoms with E-state index in [-0.39, 0.29) is 24.2 Å². The molecule has 1 aromatic carbocycles. The average molecular weight is 304 g/mol. The second-order valence-electron chi connectivity index (χ2n) is 4.18. The third-order valence-corrected chi connectivity index (χ3v) is 3.32. The molecule has 0 aliphatic carbocycles. The van der Waals surface area contributed by atoms with Gasteiger partial charge >= 0.3 is 0 Å². The van der Waals surface area contributed by atoms with Gasteiger partial charge in [0.25, 0.3) is 5.91 Å². The van der Waals surface area contributed by atoms with Crippen molar-refractivity contribution in [2.75, 3.05) is 7.05 Å². The Morgan fingerprint density at radius 3 is 2.68 bits per heavy atom. The number of amides is 1. The Bertz CT molecular complexity index is 506. The molecular formula is C12H15Cl2N3O2. The van der Waals surface area contributed by atoms with Crippen molar-refractivity contribution in [3.63, 3.8) is 0 Å². The van der Waals surface area contributed by atoms with Crippen molar-refractivity contribution in [2.24, 2.45) is 10.9 Å². The molecular weight excluding hydrogens is 289 g/mol. The lowest BCUT2D eigenvalue weighted by Crippen LogP contribution is -2.37. The number of hydrogen-bond acceptors (Lipinski definition) is 3. The minimum atomic E-state index is -0.250. The summed E-state index contributed by atoms with van der Waals surface area (Å²) in [6, 6.07) is 4.45. The minimum absolute atomic E-state index is 0.0642. The number of oxime groups is 1. The topological polar surface area (TPSA) is 78.9 Å². The number of rotatable bonds is 4. The van der Waals surface area contributed by atoms with Crippen molar-refractivity contribution in [3.8, 4) is 0 Å². The fourth-order valence-corrected chi connectivity index (χ4v) is 2.02. The van der Waals surface area contributed by atoms with Gasteiger partial charge in [-0.2, -0.15) is 0 Å². The SMILES string of the molecule is CC(CC(N)=NO)N(C)C(=O)c1ccc(Cl)cc1Cl. The van der Waals surface area contributed by atoms with Crippen LogP contribution in [-0.2, 0) is 0 Å². The molecule has 7 heteroatoms. The Morgan fingerprint density at radius 2 is 2.16 bits per heavy atom. The number of amidine groups is 1. The first kappa shape index (κ1) is 15.6. The number of hydrogen-bond donors (Lipinski definition) is 2. The summed E-state index contributed by atoms with van der Waals surface area (Å²) in [5, 5.41) is 12.2. The molecule has 0 saturated carbocycles. The highest BCUT2D eigenvalue weighted by molar-refractivity contribution is 6.36. The summed E-state index contributed by atoms with van der Waals surface area (Å²) in [5.41, 5.74) is 5.78. The van der Waals surface area contributed by atoms with Gasteiger partial charge in [0.2, 0.25) is 0 Å². The first-order valence-electron chi connectivity index (χ1n) is 5.55. The van der Waals surface area contributed by atoms with E-state index in [1.165, 1.54) is 11.0 Å². The molecule has 1 aromatic rings. The highest BCUT2D eigenvalue weighted by atomic mass is 35.5. The normalized spacial score (nSPS) is 13.2. The van der Waals surface area contributed by atoms with Crippen molar-refractivity contribution in [2.45, 2.75) is 19.4 Å². The molecule has 19 heavy (non-hydrogen) atoms. The number of benzene rings is 1. The van der Waals surface area contributed by atoms with Gasteiger partial charge in [-0.3, -0.25) is 4.79 Å². The number of halogens is 2. The van der Waals surface area contributed by atoms with E-state index in [9.17, 15) is 4.79 Å². The lowest BCUT2D eigenvalue weighted by molar-refractivity contribution is 0.0747. The van der Waals surface area contributed by atoms with E-state index < -0.39 is 0 Å². The van der Waals surface area contributed by atoms with Crippen molar-refractivity contribution in [3.05, 3.63) is 33.8 Å². The predicted molar refractivity (Wildman–Crippen MR) is 76.0 cm³/mol. The van der Waals surface area contributed by atoms with Crippen LogP contribution in [0.15, 0.2) is 23.4 Å². The third-order valence-electron chi connectivity index (χ3n) is 2.78. The number of nitrogens with two attached hydrogens (primary N) is 1. The van der Waals surface area contributed by atoms with Crippen LogP contribution in [-0.4, -0.2) is 34.9 Å². The minimum Gasteiger partial charge on any atom is -0.409 e. The zero-order valence-electron chi connectivity index (χ0n) is 10.6. The van der Waals surface area contributed by atoms with Crippen LogP contribution >= 0.6 is 23.2 Å². The molecule has 1 unspecified atom stereocenters. The summed E-state index contributed by atoms with van der Waals surface area (Å²) < 4.78 is 0. The molecule has 0 radical (unpaired) electrons. The molecule has 104 valence electrons. The molecule has 0 aliphatic heterocycles. The number of nitrogens with zero attached hydrogens (tertiary/aromatic N) is 2. The molecule has 0 heterocycles. The van der Waals surface area contributed by atoms with Crippen LogP contribution in [0.2, 0.25) is 10.0 Å². The molecule has 0 bridgehead atoms. The zero-order valence-corrected chi connectivity index (χ0v) is 12.1. The van der Waals surface area contributed by atoms with Gasteiger partial charge in [0.05, 0.1) is 10.6 Å². The Balaban J connectivity index is 2.87. The predicted octanol–water partition coefficient (Wildman–Crippen LogP) is 2.59. The highest BCUT2D eigenvalue weighted by Crippen LogP contribution is 2.22. The van der Waals surface area contributed by atoms with E-state index in [1.54, 1.807) is 26.1 Å². The summed E-state index contributed by atoms with van der Waals surface area (Å²) in [6.07, 6.45) is 0.268. The quantitative estimate of drug-likeness (QED) is 0.388. The van der Waals surface area contributed by atoms with E-state index in [0.717, 1.165) is 0 Å². The van der Waals surface area contributed by atoms with E-state index in [4.69, 9.17) is 34.1 Å². The second kappa shape index (κ2) is 6.63. The molecule has 5 nitrogen and oxygen atoms in total. The maximum absolute atomic E-state index is 12.2. The van der Waals surface area contributed by atoms with Crippen LogP contribution < -0.4 is 5.73 Å². The van der Waals surface area contributed by atoms with E-state index in [1.807, 2.05) is 0 Å². The Hall–Kier alpha value is -1.46. The lowest BCUT2D eigenvalue weighted by atomic mass is 10.1. The second-order valence-corrected chi connectivity index (χ2v) is 5.03. The Kier molecular flexibility index (Phi) is 5.44. The smallest absolute Gasteiger partial charge is 0.255 e. The van der Waals surface area contributed by atoms with Crippen LogP contribution in [0.3, 0.4) is 0 Å². The van der Waals surface area contributed by atoms with Gasteiger partial charge in [-0.25, -0.2) is 0 Å². The molecule has 0 spiro atoms. The van der Waals surface area contributed by atoms with E-state index in [0.29, 0.717) is 15.6 Å².